The van der Waals surface area contributed by atoms with E-state index in [2.05, 4.69) is 39.3 Å². The molecule has 0 radical (unpaired) electrons. The summed E-state index contributed by atoms with van der Waals surface area (Å²) in [5, 5.41) is 9.54. The zero-order chi connectivity index (χ0) is 18.8. The molecule has 3 aromatic rings. The maximum Gasteiger partial charge on any atom is 0.119 e. The molecule has 7 nitrogen and oxygen atoms in total. The molecule has 3 heterocycles. The Morgan fingerprint density at radius 2 is 2.26 bits per heavy atom. The van der Waals surface area contributed by atoms with Crippen LogP contribution < -0.4 is 10.5 Å². The van der Waals surface area contributed by atoms with E-state index in [1.165, 1.54) is 35.0 Å². The van der Waals surface area contributed by atoms with Gasteiger partial charge in [-0.15, -0.1) is 5.10 Å². The maximum absolute atomic E-state index is 5.63. The molecule has 1 unspecified atom stereocenters. The summed E-state index contributed by atoms with van der Waals surface area (Å²) < 4.78 is 7.31. The van der Waals surface area contributed by atoms with Gasteiger partial charge in [0.05, 0.1) is 12.8 Å². The van der Waals surface area contributed by atoms with Gasteiger partial charge in [-0.05, 0) is 56.0 Å². The van der Waals surface area contributed by atoms with Crippen LogP contribution >= 0.6 is 0 Å². The molecule has 7 heteroatoms. The molecule has 1 aromatic carbocycles. The van der Waals surface area contributed by atoms with E-state index in [1.54, 1.807) is 7.11 Å². The van der Waals surface area contributed by atoms with Crippen LogP contribution in [-0.2, 0) is 19.6 Å². The fourth-order valence-electron chi connectivity index (χ4n) is 4.10. The van der Waals surface area contributed by atoms with Crippen LogP contribution in [0.1, 0.15) is 29.8 Å². The van der Waals surface area contributed by atoms with E-state index in [0.29, 0.717) is 12.5 Å². The number of likely N-dealkylation sites (tertiary alicyclic amines) is 1. The van der Waals surface area contributed by atoms with Gasteiger partial charge < -0.3 is 15.5 Å². The number of nitrogens with two attached hydrogens (primary N) is 1. The fraction of sp³-hybridized carbons (Fsp3) is 0.500. The van der Waals surface area contributed by atoms with Gasteiger partial charge in [0.1, 0.15) is 5.75 Å². The molecule has 0 amide bonds. The van der Waals surface area contributed by atoms with Crippen molar-refractivity contribution in [2.24, 2.45) is 11.7 Å². The van der Waals surface area contributed by atoms with Crippen molar-refractivity contribution in [2.75, 3.05) is 20.2 Å². The van der Waals surface area contributed by atoms with Gasteiger partial charge in [0.15, 0.2) is 0 Å². The van der Waals surface area contributed by atoms with Gasteiger partial charge in [-0.2, -0.15) is 0 Å². The van der Waals surface area contributed by atoms with Crippen molar-refractivity contribution in [1.29, 1.82) is 0 Å². The molecule has 1 aliphatic heterocycles. The number of rotatable bonds is 6. The third kappa shape index (κ3) is 3.84. The topological polar surface area (TPSA) is 85.0 Å². The van der Waals surface area contributed by atoms with Crippen LogP contribution in [0.3, 0.4) is 0 Å². The highest BCUT2D eigenvalue weighted by Crippen LogP contribution is 2.28. The Labute approximate surface area is 159 Å². The van der Waals surface area contributed by atoms with Crippen LogP contribution in [0, 0.1) is 12.8 Å². The number of nitrogens with zero attached hydrogens (tertiary/aromatic N) is 4. The lowest BCUT2D eigenvalue weighted by Crippen LogP contribution is -2.36. The van der Waals surface area contributed by atoms with Crippen LogP contribution in [0.15, 0.2) is 24.4 Å². The van der Waals surface area contributed by atoms with E-state index in [0.717, 1.165) is 37.6 Å². The molecule has 1 aliphatic rings. The Morgan fingerprint density at radius 3 is 3.04 bits per heavy atom. The van der Waals surface area contributed by atoms with E-state index in [9.17, 15) is 0 Å². The number of methoxy groups -OCH3 is 1. The summed E-state index contributed by atoms with van der Waals surface area (Å²) in [5.41, 5.74) is 10.3. The van der Waals surface area contributed by atoms with Crippen LogP contribution in [-0.4, -0.2) is 45.1 Å². The van der Waals surface area contributed by atoms with E-state index < -0.39 is 0 Å². The predicted molar refractivity (Wildman–Crippen MR) is 106 cm³/mol. The van der Waals surface area contributed by atoms with Gasteiger partial charge in [-0.1, -0.05) is 5.21 Å². The average Bonchev–Trinajstić information content (AvgIpc) is 3.26. The van der Waals surface area contributed by atoms with Gasteiger partial charge in [0.25, 0.3) is 0 Å². The lowest BCUT2D eigenvalue weighted by Gasteiger charge is -2.32. The number of piperidine rings is 1. The predicted octanol–water partition coefficient (Wildman–Crippen LogP) is 2.45. The smallest absolute Gasteiger partial charge is 0.119 e. The second-order valence-corrected chi connectivity index (χ2v) is 7.52. The lowest BCUT2D eigenvalue weighted by atomic mass is 9.97. The first-order valence-electron chi connectivity index (χ1n) is 9.63. The molecule has 1 atom stereocenters. The normalized spacial score (nSPS) is 18.3. The SMILES string of the molecule is COc1ccc2[nH]c(CN3CCCC(Cn4cc(CN)nn4)C3)c(C)c2c1. The molecule has 144 valence electrons. The van der Waals surface area contributed by atoms with Gasteiger partial charge in [-0.3, -0.25) is 9.58 Å². The molecule has 1 saturated heterocycles. The number of aryl methyl sites for hydroxylation is 1. The second kappa shape index (κ2) is 7.70. The maximum atomic E-state index is 5.63. The number of fused-ring (bicyclic) bond motifs is 1. The van der Waals surface area contributed by atoms with Crippen LogP contribution in [0.2, 0.25) is 0 Å². The molecule has 2 aromatic heterocycles. The Kier molecular flexibility index (Phi) is 5.13. The van der Waals surface area contributed by atoms with Gasteiger partial charge in [0, 0.05) is 49.0 Å². The minimum absolute atomic E-state index is 0.446. The fourth-order valence-corrected chi connectivity index (χ4v) is 4.10. The van der Waals surface area contributed by atoms with Crippen molar-refractivity contribution in [3.05, 3.63) is 41.3 Å². The molecular formula is C20H28N6O. The average molecular weight is 368 g/mol. The van der Waals surface area contributed by atoms with E-state index in [4.69, 9.17) is 10.5 Å². The molecule has 0 spiro atoms. The molecule has 4 rings (SSSR count). The Balaban J connectivity index is 1.44. The highest BCUT2D eigenvalue weighted by Gasteiger charge is 2.22. The van der Waals surface area contributed by atoms with E-state index in [-0.39, 0.29) is 0 Å². The summed E-state index contributed by atoms with van der Waals surface area (Å²) in [4.78, 5) is 6.14. The minimum atomic E-state index is 0.446. The van der Waals surface area contributed by atoms with Crippen molar-refractivity contribution in [3.63, 3.8) is 0 Å². The minimum Gasteiger partial charge on any atom is -0.497 e. The third-order valence-corrected chi connectivity index (χ3v) is 5.59. The quantitative estimate of drug-likeness (QED) is 0.698. The van der Waals surface area contributed by atoms with Crippen LogP contribution in [0.4, 0.5) is 0 Å². The molecule has 0 aliphatic carbocycles. The number of ether oxygens (including phenoxy) is 1. The first-order valence-corrected chi connectivity index (χ1v) is 9.63. The lowest BCUT2D eigenvalue weighted by molar-refractivity contribution is 0.151. The monoisotopic (exact) mass is 368 g/mol. The van der Waals surface area contributed by atoms with Gasteiger partial charge in [-0.25, -0.2) is 0 Å². The molecule has 1 fully saturated rings. The molecular weight excluding hydrogens is 340 g/mol. The number of H-pyrrole nitrogens is 1. The first-order chi connectivity index (χ1) is 13.2. The zero-order valence-electron chi connectivity index (χ0n) is 16.1. The van der Waals surface area contributed by atoms with Crippen molar-refractivity contribution < 1.29 is 4.74 Å². The molecule has 0 saturated carbocycles. The highest BCUT2D eigenvalue weighted by molar-refractivity contribution is 5.85. The van der Waals surface area contributed by atoms with Crippen LogP contribution in [0.25, 0.3) is 10.9 Å². The van der Waals surface area contributed by atoms with Crippen molar-refractivity contribution in [2.45, 2.75) is 39.4 Å². The summed E-state index contributed by atoms with van der Waals surface area (Å²) in [6, 6.07) is 6.22. The second-order valence-electron chi connectivity index (χ2n) is 7.52. The number of hydrogen-bond donors (Lipinski definition) is 2. The summed E-state index contributed by atoms with van der Waals surface area (Å²) in [5.74, 6) is 1.50. The van der Waals surface area contributed by atoms with E-state index >= 15 is 0 Å². The molecule has 3 N–H and O–H groups in total. The van der Waals surface area contributed by atoms with Gasteiger partial charge in [0.2, 0.25) is 0 Å². The summed E-state index contributed by atoms with van der Waals surface area (Å²) >= 11 is 0. The van der Waals surface area contributed by atoms with Crippen molar-refractivity contribution >= 4 is 10.9 Å². The summed E-state index contributed by atoms with van der Waals surface area (Å²) in [6.07, 6.45) is 4.42. The van der Waals surface area contributed by atoms with Crippen molar-refractivity contribution in [1.82, 2.24) is 24.9 Å². The van der Waals surface area contributed by atoms with Crippen LogP contribution in [0.5, 0.6) is 5.75 Å². The number of nitrogens with one attached hydrogen (secondary N) is 1. The number of aromatic nitrogens is 4. The highest BCUT2D eigenvalue weighted by atomic mass is 16.5. The molecule has 0 bridgehead atoms. The first kappa shape index (κ1) is 18.0. The zero-order valence-corrected chi connectivity index (χ0v) is 16.1. The Bertz CT molecular complexity index is 914. The number of benzene rings is 1. The largest absolute Gasteiger partial charge is 0.497 e. The van der Waals surface area contributed by atoms with Crippen molar-refractivity contribution in [3.8, 4) is 5.75 Å². The third-order valence-electron chi connectivity index (χ3n) is 5.59. The standard InChI is InChI=1S/C20H28N6O/c1-14-18-8-17(27-2)5-6-19(18)22-20(14)13-25-7-3-4-15(10-25)11-26-12-16(9-21)23-24-26/h5-6,8,12,15,22H,3-4,7,9-11,13,21H2,1-2H3. The van der Waals surface area contributed by atoms with Gasteiger partial charge >= 0.3 is 0 Å². The Hall–Kier alpha value is -2.38. The Morgan fingerprint density at radius 1 is 1.37 bits per heavy atom. The summed E-state index contributed by atoms with van der Waals surface area (Å²) in [6.45, 7) is 6.72. The number of hydrogen-bond acceptors (Lipinski definition) is 5. The van der Waals surface area contributed by atoms with E-state index in [1.807, 2.05) is 16.9 Å². The summed E-state index contributed by atoms with van der Waals surface area (Å²) in [7, 11) is 1.71. The number of aromatic amines is 1. The molecule has 27 heavy (non-hydrogen) atoms.